The molecule has 0 saturated carbocycles. The first-order valence-electron chi connectivity index (χ1n) is 14.2. The van der Waals surface area contributed by atoms with Gasteiger partial charge in [0.1, 0.15) is 17.2 Å². The highest BCUT2D eigenvalue weighted by molar-refractivity contribution is 5.73. The Kier molecular flexibility index (Phi) is 10.7. The zero-order chi connectivity index (χ0) is 27.3. The van der Waals surface area contributed by atoms with Crippen LogP contribution in [0.2, 0.25) is 0 Å². The van der Waals surface area contributed by atoms with Gasteiger partial charge in [-0.3, -0.25) is 0 Å². The average Bonchev–Trinajstić information content (AvgIpc) is 2.98. The topological polar surface area (TPSA) is 66.4 Å². The van der Waals surface area contributed by atoms with Crippen LogP contribution in [0.4, 0.5) is 0 Å². The number of para-hydroxylation sites is 3. The fourth-order valence-electron chi connectivity index (χ4n) is 4.05. The molecule has 0 radical (unpaired) electrons. The molecule has 1 aromatic heterocycles. The largest absolute Gasteiger partial charge is 0.493 e. The van der Waals surface area contributed by atoms with E-state index in [9.17, 15) is 0 Å². The van der Waals surface area contributed by atoms with Crippen molar-refractivity contribution in [2.45, 2.75) is 59.3 Å². The van der Waals surface area contributed by atoms with Crippen molar-refractivity contribution in [3.05, 3.63) is 72.8 Å². The van der Waals surface area contributed by atoms with Crippen molar-refractivity contribution in [2.75, 3.05) is 19.8 Å². The molecule has 3 aromatic carbocycles. The van der Waals surface area contributed by atoms with Gasteiger partial charge in [-0.05, 0) is 55.7 Å². The van der Waals surface area contributed by atoms with E-state index in [1.54, 1.807) is 0 Å². The first-order chi connectivity index (χ1) is 19.2. The zero-order valence-electron chi connectivity index (χ0n) is 23.4. The van der Waals surface area contributed by atoms with E-state index in [4.69, 9.17) is 29.2 Å². The lowest BCUT2D eigenvalue weighted by Crippen LogP contribution is -2.05. The summed E-state index contributed by atoms with van der Waals surface area (Å²) in [5, 5.41) is 0. The Morgan fingerprint density at radius 3 is 1.00 bits per heavy atom. The first kappa shape index (κ1) is 28.1. The van der Waals surface area contributed by atoms with Gasteiger partial charge in [0.15, 0.2) is 17.5 Å². The van der Waals surface area contributed by atoms with Crippen LogP contribution in [-0.2, 0) is 0 Å². The Hall–Kier alpha value is -3.93. The summed E-state index contributed by atoms with van der Waals surface area (Å²) in [6, 6.07) is 23.8. The van der Waals surface area contributed by atoms with Crippen LogP contribution in [0.1, 0.15) is 59.3 Å². The van der Waals surface area contributed by atoms with Gasteiger partial charge in [-0.15, -0.1) is 0 Å². The molecule has 0 aliphatic heterocycles. The second-order valence-corrected chi connectivity index (χ2v) is 9.40. The normalized spacial score (nSPS) is 10.8. The van der Waals surface area contributed by atoms with E-state index in [1.165, 1.54) is 0 Å². The third kappa shape index (κ3) is 7.56. The number of aromatic nitrogens is 3. The molecule has 6 nitrogen and oxygen atoms in total. The van der Waals surface area contributed by atoms with Crippen LogP contribution in [0.25, 0.3) is 34.2 Å². The van der Waals surface area contributed by atoms with E-state index >= 15 is 0 Å². The summed E-state index contributed by atoms with van der Waals surface area (Å²) in [6.07, 6.45) is 6.12. The molecule has 0 aliphatic rings. The van der Waals surface area contributed by atoms with Gasteiger partial charge in [0, 0.05) is 0 Å². The fourth-order valence-corrected chi connectivity index (χ4v) is 4.05. The van der Waals surface area contributed by atoms with Gasteiger partial charge in [-0.2, -0.15) is 0 Å². The SMILES string of the molecule is CCCCOc1ccccc1-c1nc(-c2ccccc2OCCCC)nc(-c2ccccc2OCCCC)n1. The van der Waals surface area contributed by atoms with Crippen LogP contribution in [-0.4, -0.2) is 34.8 Å². The second kappa shape index (κ2) is 14.9. The van der Waals surface area contributed by atoms with Crippen molar-refractivity contribution >= 4 is 0 Å². The van der Waals surface area contributed by atoms with Crippen molar-refractivity contribution in [3.63, 3.8) is 0 Å². The van der Waals surface area contributed by atoms with Crippen LogP contribution < -0.4 is 14.2 Å². The number of hydrogen-bond donors (Lipinski definition) is 0. The summed E-state index contributed by atoms with van der Waals surface area (Å²) in [5.41, 5.74) is 2.48. The molecule has 1 heterocycles. The van der Waals surface area contributed by atoms with Crippen LogP contribution in [0.5, 0.6) is 17.2 Å². The van der Waals surface area contributed by atoms with Gasteiger partial charge >= 0.3 is 0 Å². The summed E-state index contributed by atoms with van der Waals surface area (Å²) in [7, 11) is 0. The molecule has 6 heteroatoms. The number of ether oxygens (including phenoxy) is 3. The highest BCUT2D eigenvalue weighted by Crippen LogP contribution is 2.35. The molecule has 0 spiro atoms. The van der Waals surface area contributed by atoms with Crippen LogP contribution in [0.15, 0.2) is 72.8 Å². The lowest BCUT2D eigenvalue weighted by molar-refractivity contribution is 0.310. The van der Waals surface area contributed by atoms with E-state index in [1.807, 2.05) is 72.8 Å². The Bertz CT molecular complexity index is 1150. The minimum Gasteiger partial charge on any atom is -0.493 e. The number of rotatable bonds is 15. The fraction of sp³-hybridized carbons (Fsp3) is 0.364. The van der Waals surface area contributed by atoms with Gasteiger partial charge < -0.3 is 14.2 Å². The van der Waals surface area contributed by atoms with Crippen LogP contribution >= 0.6 is 0 Å². The van der Waals surface area contributed by atoms with Crippen molar-refractivity contribution < 1.29 is 14.2 Å². The predicted octanol–water partition coefficient (Wildman–Crippen LogP) is 8.41. The van der Waals surface area contributed by atoms with Gasteiger partial charge in [-0.25, -0.2) is 15.0 Å². The molecule has 0 saturated heterocycles. The minimum atomic E-state index is 0.550. The Labute approximate surface area is 232 Å². The summed E-state index contributed by atoms with van der Waals surface area (Å²) in [5.74, 6) is 3.92. The highest BCUT2D eigenvalue weighted by atomic mass is 16.5. The third-order valence-corrected chi connectivity index (χ3v) is 6.29. The Morgan fingerprint density at radius 1 is 0.436 bits per heavy atom. The third-order valence-electron chi connectivity index (χ3n) is 6.29. The standard InChI is InChI=1S/C33H39N3O3/c1-4-7-22-37-28-19-13-10-16-25(28)31-34-32(26-17-11-14-20-29(26)38-23-8-5-2)36-33(35-31)27-18-12-15-21-30(27)39-24-9-6-3/h10-21H,4-9,22-24H2,1-3H3. The molecular weight excluding hydrogens is 486 g/mol. The van der Waals surface area contributed by atoms with E-state index in [-0.39, 0.29) is 0 Å². The van der Waals surface area contributed by atoms with Gasteiger partial charge in [0.25, 0.3) is 0 Å². The predicted molar refractivity (Wildman–Crippen MR) is 157 cm³/mol. The van der Waals surface area contributed by atoms with Crippen molar-refractivity contribution in [2.24, 2.45) is 0 Å². The van der Waals surface area contributed by atoms with Gasteiger partial charge in [0.2, 0.25) is 0 Å². The molecule has 0 aliphatic carbocycles. The summed E-state index contributed by atoms with van der Waals surface area (Å²) in [4.78, 5) is 14.9. The molecule has 0 fully saturated rings. The van der Waals surface area contributed by atoms with Gasteiger partial charge in [0.05, 0.1) is 36.5 Å². The molecular formula is C33H39N3O3. The average molecular weight is 526 g/mol. The number of unbranched alkanes of at least 4 members (excludes halogenated alkanes) is 3. The molecule has 4 aromatic rings. The van der Waals surface area contributed by atoms with Gasteiger partial charge in [-0.1, -0.05) is 76.4 Å². The second-order valence-electron chi connectivity index (χ2n) is 9.40. The Balaban J connectivity index is 1.85. The number of benzene rings is 3. The van der Waals surface area contributed by atoms with E-state index in [2.05, 4.69) is 20.8 Å². The van der Waals surface area contributed by atoms with Crippen LogP contribution in [0.3, 0.4) is 0 Å². The maximum absolute atomic E-state index is 6.15. The quantitative estimate of drug-likeness (QED) is 0.145. The molecule has 39 heavy (non-hydrogen) atoms. The maximum atomic E-state index is 6.15. The Morgan fingerprint density at radius 2 is 0.718 bits per heavy atom. The monoisotopic (exact) mass is 525 g/mol. The smallest absolute Gasteiger partial charge is 0.167 e. The van der Waals surface area contributed by atoms with E-state index < -0.39 is 0 Å². The summed E-state index contributed by atoms with van der Waals surface area (Å²) >= 11 is 0. The molecule has 0 unspecified atom stereocenters. The van der Waals surface area contributed by atoms with Crippen molar-refractivity contribution in [1.82, 2.24) is 15.0 Å². The summed E-state index contributed by atoms with van der Waals surface area (Å²) in [6.45, 7) is 8.38. The van der Waals surface area contributed by atoms with Crippen molar-refractivity contribution in [3.8, 4) is 51.4 Å². The number of nitrogens with zero attached hydrogens (tertiary/aromatic N) is 3. The molecule has 0 amide bonds. The zero-order valence-corrected chi connectivity index (χ0v) is 23.4. The maximum Gasteiger partial charge on any atom is 0.167 e. The van der Waals surface area contributed by atoms with Crippen LogP contribution in [0, 0.1) is 0 Å². The molecule has 0 bridgehead atoms. The first-order valence-corrected chi connectivity index (χ1v) is 14.2. The van der Waals surface area contributed by atoms with Crippen molar-refractivity contribution in [1.29, 1.82) is 0 Å². The lowest BCUT2D eigenvalue weighted by atomic mass is 10.1. The number of hydrogen-bond acceptors (Lipinski definition) is 6. The molecule has 4 rings (SSSR count). The lowest BCUT2D eigenvalue weighted by Gasteiger charge is -2.15. The highest BCUT2D eigenvalue weighted by Gasteiger charge is 2.19. The van der Waals surface area contributed by atoms with E-state index in [0.29, 0.717) is 37.3 Å². The molecule has 0 atom stereocenters. The van der Waals surface area contributed by atoms with E-state index in [0.717, 1.165) is 72.5 Å². The summed E-state index contributed by atoms with van der Waals surface area (Å²) < 4.78 is 18.5. The minimum absolute atomic E-state index is 0.550. The molecule has 204 valence electrons. The molecule has 0 N–H and O–H groups in total.